The van der Waals surface area contributed by atoms with Crippen LogP contribution in [-0.2, 0) is 10.0 Å². The first-order valence-corrected chi connectivity index (χ1v) is 9.99. The van der Waals surface area contributed by atoms with Crippen LogP contribution in [-0.4, -0.2) is 19.3 Å². The Balaban J connectivity index is 2.01. The molecule has 1 aromatic carbocycles. The van der Waals surface area contributed by atoms with E-state index in [4.69, 9.17) is 11.6 Å². The van der Waals surface area contributed by atoms with Crippen molar-refractivity contribution >= 4 is 48.9 Å². The molecule has 0 saturated carbocycles. The summed E-state index contributed by atoms with van der Waals surface area (Å²) in [6.45, 7) is 0.539. The Morgan fingerprint density at radius 2 is 2.14 bits per heavy atom. The van der Waals surface area contributed by atoms with E-state index in [0.29, 0.717) is 6.54 Å². The summed E-state index contributed by atoms with van der Waals surface area (Å²) < 4.78 is 28.1. The lowest BCUT2D eigenvalue weighted by Gasteiger charge is -2.23. The van der Waals surface area contributed by atoms with Gasteiger partial charge < -0.3 is 0 Å². The van der Waals surface area contributed by atoms with Gasteiger partial charge in [0.2, 0.25) is 10.0 Å². The summed E-state index contributed by atoms with van der Waals surface area (Å²) in [7, 11) is -3.57. The minimum Gasteiger partial charge on any atom is -0.207 e. The number of hydrogen-bond acceptors (Lipinski definition) is 3. The molecule has 0 aliphatic carbocycles. The quantitative estimate of drug-likeness (QED) is 0.741. The summed E-state index contributed by atoms with van der Waals surface area (Å²) in [6.07, 6.45) is 1.73. The van der Waals surface area contributed by atoms with E-state index in [1.54, 1.807) is 33.8 Å². The van der Waals surface area contributed by atoms with Crippen molar-refractivity contribution in [3.8, 4) is 0 Å². The molecule has 1 fully saturated rings. The summed E-state index contributed by atoms with van der Waals surface area (Å²) in [4.78, 5) is 1.26. The van der Waals surface area contributed by atoms with Crippen molar-refractivity contribution in [1.29, 1.82) is 0 Å². The summed E-state index contributed by atoms with van der Waals surface area (Å²) in [5, 5.41) is 2.23. The van der Waals surface area contributed by atoms with Crippen LogP contribution in [0, 0.1) is 0 Å². The molecule has 112 valence electrons. The molecular weight excluding hydrogens is 394 g/mol. The van der Waals surface area contributed by atoms with E-state index in [2.05, 4.69) is 15.9 Å². The predicted octanol–water partition coefficient (Wildman–Crippen LogP) is 4.69. The van der Waals surface area contributed by atoms with Crippen LogP contribution in [0.3, 0.4) is 0 Å². The van der Waals surface area contributed by atoms with Gasteiger partial charge in [-0.25, -0.2) is 8.42 Å². The van der Waals surface area contributed by atoms with Gasteiger partial charge in [0.1, 0.15) is 4.90 Å². The largest absolute Gasteiger partial charge is 0.245 e. The van der Waals surface area contributed by atoms with Gasteiger partial charge in [-0.3, -0.25) is 0 Å². The summed E-state index contributed by atoms with van der Waals surface area (Å²) in [5.74, 6) is 0. The summed E-state index contributed by atoms with van der Waals surface area (Å²) in [6, 6.07) is 8.75. The fourth-order valence-electron chi connectivity index (χ4n) is 2.60. The molecule has 7 heteroatoms. The molecule has 21 heavy (non-hydrogen) atoms. The molecule has 2 aromatic rings. The number of nitrogens with zero attached hydrogens (tertiary/aromatic N) is 1. The first-order valence-electron chi connectivity index (χ1n) is 6.50. The SMILES string of the molecule is O=S(=O)(c1ccc(Br)cc1Cl)N1CCC[C@H]1c1cccs1. The van der Waals surface area contributed by atoms with Crippen LogP contribution in [0.15, 0.2) is 45.1 Å². The maximum absolute atomic E-state index is 12.9. The molecule has 3 nitrogen and oxygen atoms in total. The van der Waals surface area contributed by atoms with E-state index in [1.165, 1.54) is 0 Å². The molecule has 0 N–H and O–H groups in total. The van der Waals surface area contributed by atoms with E-state index in [1.807, 2.05) is 17.5 Å². The normalized spacial score (nSPS) is 20.0. The van der Waals surface area contributed by atoms with Crippen LogP contribution in [0.25, 0.3) is 0 Å². The minimum atomic E-state index is -3.57. The van der Waals surface area contributed by atoms with Gasteiger partial charge in [0.15, 0.2) is 0 Å². The monoisotopic (exact) mass is 405 g/mol. The van der Waals surface area contributed by atoms with Gasteiger partial charge in [-0.15, -0.1) is 11.3 Å². The third-order valence-electron chi connectivity index (χ3n) is 3.56. The van der Waals surface area contributed by atoms with E-state index in [9.17, 15) is 8.42 Å². The van der Waals surface area contributed by atoms with E-state index in [-0.39, 0.29) is 16.0 Å². The summed E-state index contributed by atoms with van der Waals surface area (Å²) in [5.41, 5.74) is 0. The molecule has 1 atom stereocenters. The van der Waals surface area contributed by atoms with Crippen LogP contribution >= 0.6 is 38.9 Å². The predicted molar refractivity (Wildman–Crippen MR) is 89.3 cm³/mol. The lowest BCUT2D eigenvalue weighted by molar-refractivity contribution is 0.401. The van der Waals surface area contributed by atoms with Gasteiger partial charge in [0.25, 0.3) is 0 Å². The molecule has 3 rings (SSSR count). The van der Waals surface area contributed by atoms with E-state index in [0.717, 1.165) is 22.2 Å². The summed E-state index contributed by atoms with van der Waals surface area (Å²) >= 11 is 11.0. The number of hydrogen-bond donors (Lipinski definition) is 0. The van der Waals surface area contributed by atoms with Gasteiger partial charge in [-0.1, -0.05) is 33.6 Å². The molecule has 0 radical (unpaired) electrons. The highest BCUT2D eigenvalue weighted by molar-refractivity contribution is 9.10. The lowest BCUT2D eigenvalue weighted by atomic mass is 10.2. The molecule has 1 saturated heterocycles. The molecule has 0 unspecified atom stereocenters. The number of thiophene rings is 1. The van der Waals surface area contributed by atoms with Crippen LogP contribution in [0.5, 0.6) is 0 Å². The van der Waals surface area contributed by atoms with Crippen molar-refractivity contribution in [2.24, 2.45) is 0 Å². The first kappa shape index (κ1) is 15.5. The smallest absolute Gasteiger partial charge is 0.207 e. The van der Waals surface area contributed by atoms with Crippen LogP contribution < -0.4 is 0 Å². The highest BCUT2D eigenvalue weighted by Gasteiger charge is 2.37. The Bertz CT molecular complexity index is 746. The highest BCUT2D eigenvalue weighted by Crippen LogP contribution is 2.39. The third kappa shape index (κ3) is 2.92. The second kappa shape index (κ2) is 6.01. The maximum atomic E-state index is 12.9. The average Bonchev–Trinajstić information content (AvgIpc) is 3.09. The van der Waals surface area contributed by atoms with Crippen LogP contribution in [0.1, 0.15) is 23.8 Å². The van der Waals surface area contributed by atoms with Gasteiger partial charge in [-0.2, -0.15) is 4.31 Å². The number of halogens is 2. The maximum Gasteiger partial charge on any atom is 0.245 e. The fourth-order valence-corrected chi connectivity index (χ4v) is 6.23. The minimum absolute atomic E-state index is 0.0743. The van der Waals surface area contributed by atoms with Crippen molar-refractivity contribution in [1.82, 2.24) is 4.31 Å². The number of sulfonamides is 1. The Morgan fingerprint density at radius 3 is 2.81 bits per heavy atom. The van der Waals surface area contributed by atoms with Gasteiger partial charge in [0, 0.05) is 15.9 Å². The number of rotatable bonds is 3. The molecular formula is C14H13BrClNO2S2. The standard InChI is InChI=1S/C14H13BrClNO2S2/c15-10-5-6-14(11(16)9-10)21(18,19)17-7-1-3-12(17)13-4-2-8-20-13/h2,4-6,8-9,12H,1,3,7H2/t12-/m0/s1. The van der Waals surface area contributed by atoms with Crippen molar-refractivity contribution < 1.29 is 8.42 Å². The lowest BCUT2D eigenvalue weighted by Crippen LogP contribution is -2.30. The molecule has 0 bridgehead atoms. The zero-order valence-electron chi connectivity index (χ0n) is 11.0. The van der Waals surface area contributed by atoms with E-state index < -0.39 is 10.0 Å². The third-order valence-corrected chi connectivity index (χ3v) is 7.41. The fraction of sp³-hybridized carbons (Fsp3) is 0.286. The Morgan fingerprint density at radius 1 is 1.33 bits per heavy atom. The van der Waals surface area contributed by atoms with Crippen LogP contribution in [0.2, 0.25) is 5.02 Å². The van der Waals surface area contributed by atoms with Crippen molar-refractivity contribution in [2.45, 2.75) is 23.8 Å². The second-order valence-electron chi connectivity index (χ2n) is 4.86. The topological polar surface area (TPSA) is 37.4 Å². The van der Waals surface area contributed by atoms with Crippen molar-refractivity contribution in [2.75, 3.05) is 6.54 Å². The molecule has 1 aliphatic rings. The van der Waals surface area contributed by atoms with Gasteiger partial charge >= 0.3 is 0 Å². The Hall–Kier alpha value is -0.400. The van der Waals surface area contributed by atoms with Crippen molar-refractivity contribution in [3.63, 3.8) is 0 Å². The molecule has 1 aromatic heterocycles. The number of benzene rings is 1. The zero-order valence-corrected chi connectivity index (χ0v) is 15.0. The van der Waals surface area contributed by atoms with Crippen LogP contribution in [0.4, 0.5) is 0 Å². The molecule has 2 heterocycles. The second-order valence-corrected chi connectivity index (χ2v) is 9.03. The zero-order chi connectivity index (χ0) is 15.0. The molecule has 0 spiro atoms. The average molecular weight is 407 g/mol. The highest BCUT2D eigenvalue weighted by atomic mass is 79.9. The van der Waals surface area contributed by atoms with E-state index >= 15 is 0 Å². The molecule has 0 amide bonds. The first-order chi connectivity index (χ1) is 10.00. The van der Waals surface area contributed by atoms with Gasteiger partial charge in [0.05, 0.1) is 11.1 Å². The molecule has 1 aliphatic heterocycles. The Kier molecular flexibility index (Phi) is 4.43. The Labute approximate surface area is 141 Å². The van der Waals surface area contributed by atoms with Gasteiger partial charge in [-0.05, 0) is 42.5 Å². The van der Waals surface area contributed by atoms with Crippen molar-refractivity contribution in [3.05, 3.63) is 50.1 Å².